The number of amides is 1. The number of carbonyl (C=O) groups is 2. The molecule has 1 aliphatic rings. The molecule has 1 atom stereocenters. The minimum absolute atomic E-state index is 0.0211. The molecule has 0 spiro atoms. The van der Waals surface area contributed by atoms with Crippen molar-refractivity contribution < 1.29 is 14.7 Å². The molecule has 6 nitrogen and oxygen atoms in total. The molecular weight excluding hydrogens is 458 g/mol. The number of aromatic nitrogens is 2. The van der Waals surface area contributed by atoms with Crippen LogP contribution in [0.2, 0.25) is 5.02 Å². The second kappa shape index (κ2) is 8.42. The van der Waals surface area contributed by atoms with E-state index in [1.54, 1.807) is 30.3 Å². The maximum atomic E-state index is 13.3. The Kier molecular flexibility index (Phi) is 5.44. The van der Waals surface area contributed by atoms with E-state index in [2.05, 4.69) is 16.9 Å². The van der Waals surface area contributed by atoms with Gasteiger partial charge in [0.1, 0.15) is 5.76 Å². The van der Waals surface area contributed by atoms with Crippen LogP contribution in [0.3, 0.4) is 0 Å². The van der Waals surface area contributed by atoms with E-state index in [1.165, 1.54) is 28.6 Å². The highest BCUT2D eigenvalue weighted by molar-refractivity contribution is 7.22. The highest BCUT2D eigenvalue weighted by atomic mass is 35.5. The number of benzene rings is 2. The van der Waals surface area contributed by atoms with E-state index >= 15 is 0 Å². The molecule has 2 aromatic carbocycles. The van der Waals surface area contributed by atoms with Crippen LogP contribution in [0.4, 0.5) is 5.13 Å². The first-order valence-electron chi connectivity index (χ1n) is 10.3. The van der Waals surface area contributed by atoms with Crippen molar-refractivity contribution in [3.8, 4) is 0 Å². The van der Waals surface area contributed by atoms with Gasteiger partial charge in [0.15, 0.2) is 5.13 Å². The molecule has 5 rings (SSSR count). The molecule has 0 bridgehead atoms. The number of halogens is 1. The Balaban J connectivity index is 1.72. The average molecular weight is 476 g/mol. The summed E-state index contributed by atoms with van der Waals surface area (Å²) in [5, 5.41) is 12.0. The van der Waals surface area contributed by atoms with Crippen molar-refractivity contribution in [3.63, 3.8) is 0 Å². The number of rotatable bonds is 4. The predicted octanol–water partition coefficient (Wildman–Crippen LogP) is 5.53. The standard InChI is InChI=1S/C25H18ClN3O3S/c1-2-14-3-5-15(6-4-14)21-20(22(30)16-9-11-27-12-10-16)23(31)24(32)29(21)25-28-18-8-7-17(26)13-19(18)33-25/h3-13,21,30H,2H2,1H3. The van der Waals surface area contributed by atoms with Gasteiger partial charge in [-0.15, -0.1) is 0 Å². The average Bonchev–Trinajstić information content (AvgIpc) is 3.37. The lowest BCUT2D eigenvalue weighted by Crippen LogP contribution is -2.29. The Bertz CT molecular complexity index is 1410. The molecule has 4 aromatic rings. The van der Waals surface area contributed by atoms with E-state index in [9.17, 15) is 14.7 Å². The predicted molar refractivity (Wildman–Crippen MR) is 129 cm³/mol. The summed E-state index contributed by atoms with van der Waals surface area (Å²) in [4.78, 5) is 36.4. The third-order valence-electron chi connectivity index (χ3n) is 5.65. The number of aliphatic hydroxyl groups excluding tert-OH is 1. The highest BCUT2D eigenvalue weighted by Gasteiger charge is 2.48. The van der Waals surface area contributed by atoms with Gasteiger partial charge in [0, 0.05) is 23.0 Å². The maximum Gasteiger partial charge on any atom is 0.301 e. The molecule has 0 saturated carbocycles. The number of hydrogen-bond acceptors (Lipinski definition) is 6. The number of aryl methyl sites for hydroxylation is 1. The molecular formula is C25H18ClN3O3S. The first-order valence-corrected chi connectivity index (χ1v) is 11.5. The zero-order chi connectivity index (χ0) is 23.1. The van der Waals surface area contributed by atoms with Gasteiger partial charge < -0.3 is 5.11 Å². The van der Waals surface area contributed by atoms with Crippen LogP contribution in [0.25, 0.3) is 16.0 Å². The van der Waals surface area contributed by atoms with Gasteiger partial charge in [0.2, 0.25) is 0 Å². The fourth-order valence-corrected chi connectivity index (χ4v) is 5.20. The SMILES string of the molecule is CCc1ccc(C2C(=C(O)c3ccncc3)C(=O)C(=O)N2c2nc3ccc(Cl)cc3s2)cc1. The molecule has 1 saturated heterocycles. The number of thiazole rings is 1. The maximum absolute atomic E-state index is 13.3. The third kappa shape index (κ3) is 3.69. The second-order valence-electron chi connectivity index (χ2n) is 7.61. The van der Waals surface area contributed by atoms with Crippen molar-refractivity contribution in [3.05, 3.63) is 94.3 Å². The zero-order valence-electron chi connectivity index (χ0n) is 17.5. The van der Waals surface area contributed by atoms with E-state index in [0.29, 0.717) is 26.8 Å². The highest BCUT2D eigenvalue weighted by Crippen LogP contribution is 2.44. The van der Waals surface area contributed by atoms with Crippen molar-refractivity contribution >= 4 is 55.7 Å². The number of anilines is 1. The van der Waals surface area contributed by atoms with Crippen LogP contribution in [0.5, 0.6) is 0 Å². The molecule has 1 fully saturated rings. The molecule has 8 heteroatoms. The molecule has 0 aliphatic carbocycles. The Morgan fingerprint density at radius 1 is 1.09 bits per heavy atom. The summed E-state index contributed by atoms with van der Waals surface area (Å²) in [6, 6.07) is 15.3. The van der Waals surface area contributed by atoms with Crippen LogP contribution in [0.15, 0.2) is 72.6 Å². The molecule has 164 valence electrons. The Hall–Kier alpha value is -3.55. The number of nitrogens with zero attached hydrogens (tertiary/aromatic N) is 3. The number of Topliss-reactive ketones (excluding diaryl/α,β-unsaturated/α-hetero) is 1. The lowest BCUT2D eigenvalue weighted by Gasteiger charge is -2.23. The van der Waals surface area contributed by atoms with Crippen LogP contribution in [0, 0.1) is 0 Å². The number of carbonyl (C=O) groups excluding carboxylic acids is 2. The van der Waals surface area contributed by atoms with Gasteiger partial charge in [-0.2, -0.15) is 0 Å². The summed E-state index contributed by atoms with van der Waals surface area (Å²) < 4.78 is 0.800. The van der Waals surface area contributed by atoms with Gasteiger partial charge in [0.25, 0.3) is 5.78 Å². The van der Waals surface area contributed by atoms with Crippen molar-refractivity contribution in [1.82, 2.24) is 9.97 Å². The number of ketones is 1. The van der Waals surface area contributed by atoms with Crippen molar-refractivity contribution in [2.24, 2.45) is 0 Å². The van der Waals surface area contributed by atoms with Crippen molar-refractivity contribution in [2.75, 3.05) is 4.90 Å². The van der Waals surface area contributed by atoms with Crippen molar-refractivity contribution in [2.45, 2.75) is 19.4 Å². The topological polar surface area (TPSA) is 83.4 Å². The molecule has 1 aliphatic heterocycles. The Morgan fingerprint density at radius 2 is 1.82 bits per heavy atom. The number of pyridine rings is 1. The molecule has 1 N–H and O–H groups in total. The van der Waals surface area contributed by atoms with E-state index in [4.69, 9.17) is 11.6 Å². The van der Waals surface area contributed by atoms with Gasteiger partial charge >= 0.3 is 5.91 Å². The number of fused-ring (bicyclic) bond motifs is 1. The summed E-state index contributed by atoms with van der Waals surface area (Å²) in [6.45, 7) is 2.05. The largest absolute Gasteiger partial charge is 0.507 e. The fraction of sp³-hybridized carbons (Fsp3) is 0.120. The molecule has 2 aromatic heterocycles. The molecule has 1 unspecified atom stereocenters. The second-order valence-corrected chi connectivity index (χ2v) is 9.05. The lowest BCUT2D eigenvalue weighted by atomic mass is 9.95. The summed E-state index contributed by atoms with van der Waals surface area (Å²) in [5.74, 6) is -1.74. The van der Waals surface area contributed by atoms with Gasteiger partial charge in [0.05, 0.1) is 21.8 Å². The number of hydrogen-bond donors (Lipinski definition) is 1. The van der Waals surface area contributed by atoms with Gasteiger partial charge in [-0.05, 0) is 47.9 Å². The molecule has 1 amide bonds. The van der Waals surface area contributed by atoms with E-state index in [0.717, 1.165) is 16.7 Å². The van der Waals surface area contributed by atoms with E-state index < -0.39 is 17.7 Å². The minimum atomic E-state index is -0.819. The summed E-state index contributed by atoms with van der Waals surface area (Å²) in [5.41, 5.74) is 2.94. The summed E-state index contributed by atoms with van der Waals surface area (Å²) in [6.07, 6.45) is 3.90. The van der Waals surface area contributed by atoms with Gasteiger partial charge in [-0.1, -0.05) is 54.1 Å². The minimum Gasteiger partial charge on any atom is -0.507 e. The first kappa shape index (κ1) is 21.3. The van der Waals surface area contributed by atoms with Crippen LogP contribution in [-0.2, 0) is 16.0 Å². The normalized spacial score (nSPS) is 17.8. The van der Waals surface area contributed by atoms with Gasteiger partial charge in [-0.3, -0.25) is 19.5 Å². The molecule has 33 heavy (non-hydrogen) atoms. The smallest absolute Gasteiger partial charge is 0.301 e. The van der Waals surface area contributed by atoms with Crippen LogP contribution >= 0.6 is 22.9 Å². The molecule has 0 radical (unpaired) electrons. The van der Waals surface area contributed by atoms with Crippen molar-refractivity contribution in [1.29, 1.82) is 0 Å². The quantitative estimate of drug-likeness (QED) is 0.238. The van der Waals surface area contributed by atoms with Gasteiger partial charge in [-0.25, -0.2) is 4.98 Å². The third-order valence-corrected chi connectivity index (χ3v) is 6.90. The summed E-state index contributed by atoms with van der Waals surface area (Å²) >= 11 is 7.40. The monoisotopic (exact) mass is 475 g/mol. The van der Waals surface area contributed by atoms with Crippen LogP contribution < -0.4 is 4.90 Å². The Labute approximate surface area is 198 Å². The van der Waals surface area contributed by atoms with Crippen LogP contribution in [0.1, 0.15) is 29.7 Å². The zero-order valence-corrected chi connectivity index (χ0v) is 19.1. The lowest BCUT2D eigenvalue weighted by molar-refractivity contribution is -0.132. The summed E-state index contributed by atoms with van der Waals surface area (Å²) in [7, 11) is 0. The number of aliphatic hydroxyl groups is 1. The molecule has 3 heterocycles. The van der Waals surface area contributed by atoms with Crippen LogP contribution in [-0.4, -0.2) is 26.8 Å². The van der Waals surface area contributed by atoms with E-state index in [-0.39, 0.29) is 11.3 Å². The fourth-order valence-electron chi connectivity index (χ4n) is 3.94. The van der Waals surface area contributed by atoms with E-state index in [1.807, 2.05) is 24.3 Å². The Morgan fingerprint density at radius 3 is 2.52 bits per heavy atom. The first-order chi connectivity index (χ1) is 16.0.